The molecule has 3 rings (SSSR count). The van der Waals surface area contributed by atoms with Crippen LogP contribution in [0.15, 0.2) is 63.8 Å². The van der Waals surface area contributed by atoms with E-state index in [-0.39, 0.29) is 11.3 Å². The average molecular weight is 375 g/mol. The van der Waals surface area contributed by atoms with Crippen LogP contribution in [0.1, 0.15) is 21.6 Å². The Morgan fingerprint density at radius 3 is 2.57 bits per heavy atom. The highest BCUT2D eigenvalue weighted by molar-refractivity contribution is 9.10. The van der Waals surface area contributed by atoms with Crippen LogP contribution in [0.3, 0.4) is 0 Å². The van der Waals surface area contributed by atoms with Gasteiger partial charge in [0.25, 0.3) is 0 Å². The topological polar surface area (TPSA) is 34.4 Å². The van der Waals surface area contributed by atoms with E-state index in [4.69, 9.17) is 0 Å². The lowest BCUT2D eigenvalue weighted by Crippen LogP contribution is -2.15. The monoisotopic (exact) mass is 374 g/mol. The summed E-state index contributed by atoms with van der Waals surface area (Å²) in [5.41, 5.74) is 2.31. The second-order valence-electron chi connectivity index (χ2n) is 4.87. The number of nitrogens with zero attached hydrogens (tertiary/aromatic N) is 2. The van der Waals surface area contributed by atoms with E-state index in [1.54, 1.807) is 18.4 Å². The Balaban J connectivity index is 2.25. The van der Waals surface area contributed by atoms with Crippen molar-refractivity contribution in [1.82, 2.24) is 4.48 Å². The van der Waals surface area contributed by atoms with E-state index < -0.39 is 7.40 Å². The highest BCUT2D eigenvalue weighted by Crippen LogP contribution is 2.32. The molecule has 0 saturated carbocycles. The number of carbonyl (C=O) groups excluding carboxylic acids is 1. The van der Waals surface area contributed by atoms with Gasteiger partial charge in [-0.05, 0) is 35.9 Å². The lowest BCUT2D eigenvalue weighted by atomic mass is 9.98. The van der Waals surface area contributed by atoms with Crippen molar-refractivity contribution in [2.45, 2.75) is 0 Å². The summed E-state index contributed by atoms with van der Waals surface area (Å²) in [6, 6.07) is 8.74. The van der Waals surface area contributed by atoms with Gasteiger partial charge in [0, 0.05) is 33.7 Å². The Bertz CT molecular complexity index is 824. The van der Waals surface area contributed by atoms with Crippen LogP contribution in [0.5, 0.6) is 0 Å². The average Bonchev–Trinajstić information content (AvgIpc) is 3.19. The number of aliphatic imine (C=N–C) groups is 1. The number of carbonyl (C=O) groups is 1. The maximum Gasteiger partial charge on any atom is 0.677 e. The second-order valence-corrected chi connectivity index (χ2v) is 5.78. The lowest BCUT2D eigenvalue weighted by molar-refractivity contribution is 0.112. The first kappa shape index (κ1) is 15.6. The molecule has 1 aromatic heterocycles. The van der Waals surface area contributed by atoms with Crippen LogP contribution in [0.25, 0.3) is 5.57 Å². The summed E-state index contributed by atoms with van der Waals surface area (Å²) in [5.74, 6) is 0. The van der Waals surface area contributed by atoms with Gasteiger partial charge < -0.3 is 4.48 Å². The molecule has 3 nitrogen and oxygen atoms in total. The molecule has 7 heteroatoms. The smallest absolute Gasteiger partial charge is 0.331 e. The first-order valence-electron chi connectivity index (χ1n) is 6.76. The van der Waals surface area contributed by atoms with Gasteiger partial charge in [-0.15, -0.1) is 0 Å². The maximum absolute atomic E-state index is 13.4. The number of hydrogen-bond acceptors (Lipinski definition) is 2. The molecule has 0 radical (unpaired) electrons. The fourth-order valence-corrected chi connectivity index (χ4v) is 2.68. The van der Waals surface area contributed by atoms with E-state index in [1.807, 2.05) is 24.3 Å². The molecule has 0 unspecified atom stereocenters. The molecule has 1 aliphatic rings. The summed E-state index contributed by atoms with van der Waals surface area (Å²) < 4.78 is 28.4. The Morgan fingerprint density at radius 1 is 1.26 bits per heavy atom. The van der Waals surface area contributed by atoms with Gasteiger partial charge in [-0.25, -0.2) is 0 Å². The summed E-state index contributed by atoms with van der Waals surface area (Å²) in [4.78, 5) is 15.2. The second kappa shape index (κ2) is 6.46. The van der Waals surface area contributed by atoms with Crippen molar-refractivity contribution in [3.8, 4) is 0 Å². The molecule has 2 aromatic rings. The van der Waals surface area contributed by atoms with E-state index in [0.29, 0.717) is 17.6 Å². The number of halogens is 3. The van der Waals surface area contributed by atoms with E-state index in [1.165, 1.54) is 6.07 Å². The summed E-state index contributed by atoms with van der Waals surface area (Å²) in [6.07, 6.45) is 6.80. The summed E-state index contributed by atoms with van der Waals surface area (Å²) in [6.45, 7) is 0. The van der Waals surface area contributed by atoms with Crippen molar-refractivity contribution in [3.05, 3.63) is 75.7 Å². The quantitative estimate of drug-likeness (QED) is 0.582. The van der Waals surface area contributed by atoms with Gasteiger partial charge in [-0.3, -0.25) is 18.4 Å². The predicted molar refractivity (Wildman–Crippen MR) is 91.0 cm³/mol. The predicted octanol–water partition coefficient (Wildman–Crippen LogP) is 4.24. The van der Waals surface area contributed by atoms with Gasteiger partial charge in [0.1, 0.15) is 0 Å². The zero-order chi connectivity index (χ0) is 16.4. The van der Waals surface area contributed by atoms with Crippen molar-refractivity contribution in [3.63, 3.8) is 0 Å². The Labute approximate surface area is 140 Å². The molecule has 0 N–H and O–H groups in total. The first-order chi connectivity index (χ1) is 11.1. The summed E-state index contributed by atoms with van der Waals surface area (Å²) in [5, 5.41) is 0. The van der Waals surface area contributed by atoms with Crippen molar-refractivity contribution >= 4 is 41.4 Å². The van der Waals surface area contributed by atoms with Gasteiger partial charge in [-0.1, -0.05) is 28.1 Å². The van der Waals surface area contributed by atoms with Crippen LogP contribution >= 0.6 is 15.9 Å². The van der Waals surface area contributed by atoms with Crippen LogP contribution in [0, 0.1) is 0 Å². The van der Waals surface area contributed by atoms with Crippen molar-refractivity contribution in [1.29, 1.82) is 0 Å². The molecule has 1 aromatic carbocycles. The highest BCUT2D eigenvalue weighted by Gasteiger charge is 2.25. The number of benzene rings is 1. The molecule has 114 valence electrons. The van der Waals surface area contributed by atoms with E-state index >= 15 is 0 Å². The third-order valence-corrected chi connectivity index (χ3v) is 3.94. The zero-order valence-corrected chi connectivity index (χ0v) is 13.4. The molecule has 0 amide bonds. The fraction of sp³-hybridized carbons (Fsp3) is 0. The Morgan fingerprint density at radius 2 is 2.00 bits per heavy atom. The standard InChI is InChI=1S/C16H10BBrF2N2O/c18-13-5-3-12(4-6-13)16(14-2-1-7-21-14)15-8-11(10-23)9-22(15)17(19)20/h1-10H/b16-14-. The Kier molecular flexibility index (Phi) is 4.38. The van der Waals surface area contributed by atoms with Gasteiger partial charge >= 0.3 is 7.40 Å². The number of aromatic nitrogens is 1. The zero-order valence-electron chi connectivity index (χ0n) is 11.8. The summed E-state index contributed by atoms with van der Waals surface area (Å²) in [7, 11) is -2.75. The minimum Gasteiger partial charge on any atom is -0.331 e. The lowest BCUT2D eigenvalue weighted by Gasteiger charge is -2.12. The van der Waals surface area contributed by atoms with Crippen molar-refractivity contribution < 1.29 is 13.4 Å². The molecule has 0 atom stereocenters. The van der Waals surface area contributed by atoms with Crippen LogP contribution in [0.2, 0.25) is 0 Å². The van der Waals surface area contributed by atoms with Crippen LogP contribution in [-0.4, -0.2) is 24.4 Å². The van der Waals surface area contributed by atoms with Gasteiger partial charge in [0.15, 0.2) is 6.29 Å². The van der Waals surface area contributed by atoms with Gasteiger partial charge in [0.05, 0.1) is 5.70 Å². The molecule has 0 spiro atoms. The molecular formula is C16H10BBrF2N2O. The molecule has 0 aliphatic carbocycles. The Hall–Kier alpha value is -2.28. The maximum atomic E-state index is 13.4. The van der Waals surface area contributed by atoms with Crippen LogP contribution in [-0.2, 0) is 0 Å². The highest BCUT2D eigenvalue weighted by atomic mass is 79.9. The molecule has 0 fully saturated rings. The molecular weight excluding hydrogens is 365 g/mol. The van der Waals surface area contributed by atoms with E-state index in [2.05, 4.69) is 20.9 Å². The number of rotatable bonds is 4. The molecule has 23 heavy (non-hydrogen) atoms. The molecule has 2 heterocycles. The normalized spacial score (nSPS) is 15.1. The van der Waals surface area contributed by atoms with Crippen LogP contribution in [0.4, 0.5) is 8.63 Å². The number of aldehydes is 1. The first-order valence-corrected chi connectivity index (χ1v) is 7.56. The summed E-state index contributed by atoms with van der Waals surface area (Å²) >= 11 is 3.36. The van der Waals surface area contributed by atoms with Gasteiger partial charge in [0.2, 0.25) is 0 Å². The van der Waals surface area contributed by atoms with Crippen molar-refractivity contribution in [2.24, 2.45) is 4.99 Å². The molecule has 0 saturated heterocycles. The van der Waals surface area contributed by atoms with E-state index in [9.17, 15) is 13.4 Å². The van der Waals surface area contributed by atoms with Gasteiger partial charge in [-0.2, -0.15) is 0 Å². The SMILES string of the molecule is O=Cc1cc(/C(=C2/C=CC=N2)c2ccc(Br)cc2)n(B(F)F)c1. The third-order valence-electron chi connectivity index (χ3n) is 3.42. The third kappa shape index (κ3) is 3.10. The number of hydrogen-bond donors (Lipinski definition) is 0. The van der Waals surface area contributed by atoms with Crippen LogP contribution < -0.4 is 0 Å². The van der Waals surface area contributed by atoms with E-state index in [0.717, 1.165) is 20.7 Å². The molecule has 0 bridgehead atoms. The number of allylic oxidation sites excluding steroid dienone is 2. The fourth-order valence-electron chi connectivity index (χ4n) is 2.42. The minimum absolute atomic E-state index is 0.196. The minimum atomic E-state index is -2.75. The van der Waals surface area contributed by atoms with Crippen molar-refractivity contribution in [2.75, 3.05) is 0 Å². The molecule has 1 aliphatic heterocycles. The largest absolute Gasteiger partial charge is 0.677 e.